The highest BCUT2D eigenvalue weighted by atomic mass is 16.2. The monoisotopic (exact) mass is 421 g/mol. The van der Waals surface area contributed by atoms with Crippen LogP contribution in [0.4, 0.5) is 5.69 Å². The van der Waals surface area contributed by atoms with E-state index in [4.69, 9.17) is 0 Å². The Morgan fingerprint density at radius 1 is 1.03 bits per heavy atom. The maximum atomic E-state index is 12.7. The summed E-state index contributed by atoms with van der Waals surface area (Å²) in [6.45, 7) is 4.01. The van der Waals surface area contributed by atoms with E-state index in [1.54, 1.807) is 24.3 Å². The third-order valence-corrected chi connectivity index (χ3v) is 5.89. The lowest BCUT2D eigenvalue weighted by atomic mass is 10.1. The number of benzene rings is 1. The number of anilines is 1. The maximum Gasteiger partial charge on any atom is 0.254 e. The van der Waals surface area contributed by atoms with Crippen molar-refractivity contribution in [1.82, 2.24) is 20.1 Å². The Balaban J connectivity index is 1.22. The van der Waals surface area contributed by atoms with Crippen molar-refractivity contribution in [3.8, 4) is 0 Å². The molecule has 0 radical (unpaired) electrons. The van der Waals surface area contributed by atoms with Crippen LogP contribution in [0.1, 0.15) is 28.8 Å². The summed E-state index contributed by atoms with van der Waals surface area (Å²) in [7, 11) is 0. The summed E-state index contributed by atoms with van der Waals surface area (Å²) in [4.78, 5) is 45.8. The number of aromatic nitrogens is 1. The SMILES string of the molecule is O=C1N[C@@H](CCC(=O)N2CCN(CCc3ccncc3)CC2)C(=O)Nc2ccccc21. The number of fused-ring (bicyclic) bond motifs is 1. The molecule has 2 N–H and O–H groups in total. The number of nitrogens with one attached hydrogen (secondary N) is 2. The van der Waals surface area contributed by atoms with Gasteiger partial charge >= 0.3 is 0 Å². The van der Waals surface area contributed by atoms with Crippen molar-refractivity contribution in [2.75, 3.05) is 38.0 Å². The second-order valence-corrected chi connectivity index (χ2v) is 7.93. The molecule has 2 aliphatic heterocycles. The molecule has 0 bridgehead atoms. The molecule has 0 aliphatic carbocycles. The molecule has 162 valence electrons. The van der Waals surface area contributed by atoms with E-state index in [1.165, 1.54) is 5.56 Å². The minimum atomic E-state index is -0.717. The van der Waals surface area contributed by atoms with E-state index in [0.29, 0.717) is 24.3 Å². The van der Waals surface area contributed by atoms with Gasteiger partial charge in [-0.05, 0) is 42.7 Å². The first kappa shape index (κ1) is 21.0. The van der Waals surface area contributed by atoms with Gasteiger partial charge in [-0.2, -0.15) is 0 Å². The Bertz CT molecular complexity index is 941. The van der Waals surface area contributed by atoms with Crippen molar-refractivity contribution in [2.24, 2.45) is 0 Å². The van der Waals surface area contributed by atoms with Gasteiger partial charge in [0.1, 0.15) is 6.04 Å². The number of piperazine rings is 1. The van der Waals surface area contributed by atoms with Crippen LogP contribution >= 0.6 is 0 Å². The van der Waals surface area contributed by atoms with Gasteiger partial charge in [-0.25, -0.2) is 0 Å². The highest BCUT2D eigenvalue weighted by Gasteiger charge is 2.29. The molecule has 1 aromatic carbocycles. The molecule has 0 spiro atoms. The van der Waals surface area contributed by atoms with E-state index in [-0.39, 0.29) is 30.6 Å². The van der Waals surface area contributed by atoms with E-state index in [9.17, 15) is 14.4 Å². The van der Waals surface area contributed by atoms with Crippen LogP contribution in [0.3, 0.4) is 0 Å². The van der Waals surface area contributed by atoms with Gasteiger partial charge in [-0.3, -0.25) is 24.3 Å². The average molecular weight is 422 g/mol. The van der Waals surface area contributed by atoms with Crippen LogP contribution in [0, 0.1) is 0 Å². The first-order valence-electron chi connectivity index (χ1n) is 10.7. The number of rotatable bonds is 6. The van der Waals surface area contributed by atoms with E-state index in [0.717, 1.165) is 26.1 Å². The summed E-state index contributed by atoms with van der Waals surface area (Å²) in [6, 6.07) is 10.2. The van der Waals surface area contributed by atoms with Crippen LogP contribution in [0.15, 0.2) is 48.8 Å². The number of hydrogen-bond acceptors (Lipinski definition) is 5. The molecular formula is C23H27N5O3. The summed E-state index contributed by atoms with van der Waals surface area (Å²) in [6.07, 6.45) is 5.09. The van der Waals surface area contributed by atoms with Gasteiger partial charge in [0.15, 0.2) is 0 Å². The van der Waals surface area contributed by atoms with E-state index >= 15 is 0 Å². The normalized spacial score (nSPS) is 19.2. The molecule has 2 aliphatic rings. The molecule has 1 aromatic heterocycles. The number of hydrogen-bond donors (Lipinski definition) is 2. The zero-order valence-corrected chi connectivity index (χ0v) is 17.4. The summed E-state index contributed by atoms with van der Waals surface area (Å²) in [5.74, 6) is -0.557. The largest absolute Gasteiger partial charge is 0.340 e. The van der Waals surface area contributed by atoms with Crippen LogP contribution in [-0.4, -0.2) is 71.3 Å². The molecule has 8 heteroatoms. The second-order valence-electron chi connectivity index (χ2n) is 7.93. The van der Waals surface area contributed by atoms with Crippen LogP contribution in [0.2, 0.25) is 0 Å². The van der Waals surface area contributed by atoms with Crippen molar-refractivity contribution in [3.05, 3.63) is 59.9 Å². The van der Waals surface area contributed by atoms with Gasteiger partial charge in [0.05, 0.1) is 11.3 Å². The van der Waals surface area contributed by atoms with Crippen LogP contribution in [0.5, 0.6) is 0 Å². The summed E-state index contributed by atoms with van der Waals surface area (Å²) in [5.41, 5.74) is 2.20. The predicted molar refractivity (Wildman–Crippen MR) is 117 cm³/mol. The Hall–Kier alpha value is -3.26. The molecule has 3 heterocycles. The highest BCUT2D eigenvalue weighted by molar-refractivity contribution is 6.09. The maximum absolute atomic E-state index is 12.7. The zero-order chi connectivity index (χ0) is 21.6. The minimum absolute atomic E-state index is 0.0255. The lowest BCUT2D eigenvalue weighted by Gasteiger charge is -2.35. The molecule has 0 unspecified atom stereocenters. The zero-order valence-electron chi connectivity index (χ0n) is 17.4. The third-order valence-electron chi connectivity index (χ3n) is 5.89. The fraction of sp³-hybridized carbons (Fsp3) is 0.391. The Morgan fingerprint density at radius 2 is 1.77 bits per heavy atom. The number of carbonyl (C=O) groups excluding carboxylic acids is 3. The van der Waals surface area contributed by atoms with Gasteiger partial charge < -0.3 is 15.5 Å². The smallest absolute Gasteiger partial charge is 0.254 e. The number of carbonyl (C=O) groups is 3. The van der Waals surface area contributed by atoms with Crippen LogP contribution in [0.25, 0.3) is 0 Å². The van der Waals surface area contributed by atoms with Gasteiger partial charge in [-0.15, -0.1) is 0 Å². The highest BCUT2D eigenvalue weighted by Crippen LogP contribution is 2.19. The van der Waals surface area contributed by atoms with Crippen molar-refractivity contribution in [1.29, 1.82) is 0 Å². The molecule has 0 saturated carbocycles. The Kier molecular flexibility index (Phi) is 6.57. The summed E-state index contributed by atoms with van der Waals surface area (Å²) in [5, 5.41) is 5.53. The quantitative estimate of drug-likeness (QED) is 0.733. The fourth-order valence-electron chi connectivity index (χ4n) is 4.00. The van der Waals surface area contributed by atoms with E-state index in [2.05, 4.69) is 20.5 Å². The first-order chi connectivity index (χ1) is 15.1. The topological polar surface area (TPSA) is 94.6 Å². The third kappa shape index (κ3) is 5.27. The number of para-hydroxylation sites is 1. The summed E-state index contributed by atoms with van der Waals surface area (Å²) < 4.78 is 0. The van der Waals surface area contributed by atoms with Gasteiger partial charge in [0.25, 0.3) is 5.91 Å². The molecule has 31 heavy (non-hydrogen) atoms. The van der Waals surface area contributed by atoms with E-state index in [1.807, 2.05) is 29.4 Å². The molecule has 4 rings (SSSR count). The fourth-order valence-corrected chi connectivity index (χ4v) is 4.00. The molecule has 1 atom stereocenters. The minimum Gasteiger partial charge on any atom is -0.340 e. The summed E-state index contributed by atoms with van der Waals surface area (Å²) >= 11 is 0. The van der Waals surface area contributed by atoms with Crippen LogP contribution in [-0.2, 0) is 16.0 Å². The number of nitrogens with zero attached hydrogens (tertiary/aromatic N) is 3. The Labute approximate surface area is 181 Å². The predicted octanol–water partition coefficient (Wildman–Crippen LogP) is 1.30. The van der Waals surface area contributed by atoms with E-state index < -0.39 is 6.04 Å². The van der Waals surface area contributed by atoms with Crippen molar-refractivity contribution in [2.45, 2.75) is 25.3 Å². The molecule has 1 saturated heterocycles. The van der Waals surface area contributed by atoms with Crippen molar-refractivity contribution < 1.29 is 14.4 Å². The van der Waals surface area contributed by atoms with Gasteiger partial charge in [-0.1, -0.05) is 12.1 Å². The molecule has 2 aromatic rings. The van der Waals surface area contributed by atoms with Gasteiger partial charge in [0, 0.05) is 51.5 Å². The molecule has 1 fully saturated rings. The average Bonchev–Trinajstić information content (AvgIpc) is 2.93. The Morgan fingerprint density at radius 3 is 2.55 bits per heavy atom. The molecular weight excluding hydrogens is 394 g/mol. The van der Waals surface area contributed by atoms with Crippen molar-refractivity contribution >= 4 is 23.4 Å². The van der Waals surface area contributed by atoms with Crippen molar-refractivity contribution in [3.63, 3.8) is 0 Å². The van der Waals surface area contributed by atoms with Crippen LogP contribution < -0.4 is 10.6 Å². The molecule has 3 amide bonds. The lowest BCUT2D eigenvalue weighted by molar-refractivity contribution is -0.133. The molecule has 8 nitrogen and oxygen atoms in total. The first-order valence-corrected chi connectivity index (χ1v) is 10.7. The lowest BCUT2D eigenvalue weighted by Crippen LogP contribution is -2.49. The van der Waals surface area contributed by atoms with Gasteiger partial charge in [0.2, 0.25) is 11.8 Å². The number of pyridine rings is 1. The second kappa shape index (κ2) is 9.70. The number of amides is 3. The standard InChI is InChI=1S/C23H27N5O3/c29-21(28-15-13-27(14-16-28)12-9-17-7-10-24-11-8-17)6-5-20-23(31)25-19-4-2-1-3-18(19)22(30)26-20/h1-4,7-8,10-11,20H,5-6,9,12-16H2,(H,25,31)(H,26,30)/t20-/m0/s1.